The molecular formula is C22H31FN4O2. The third-order valence-electron chi connectivity index (χ3n) is 4.51. The zero-order valence-electron chi connectivity index (χ0n) is 18.0. The first-order chi connectivity index (χ1) is 13.2. The van der Waals surface area contributed by atoms with Gasteiger partial charge in [0.05, 0.1) is 22.5 Å². The van der Waals surface area contributed by atoms with E-state index >= 15 is 0 Å². The first kappa shape index (κ1) is 22.8. The van der Waals surface area contributed by atoms with Gasteiger partial charge in [0.25, 0.3) is 0 Å². The summed E-state index contributed by atoms with van der Waals surface area (Å²) in [6, 6.07) is 9.72. The van der Waals surface area contributed by atoms with Crippen molar-refractivity contribution in [2.75, 3.05) is 6.54 Å². The molecule has 0 saturated carbocycles. The van der Waals surface area contributed by atoms with E-state index < -0.39 is 22.8 Å². The Morgan fingerprint density at radius 1 is 1.10 bits per heavy atom. The quantitative estimate of drug-likeness (QED) is 0.706. The van der Waals surface area contributed by atoms with Crippen molar-refractivity contribution in [3.05, 3.63) is 53.5 Å². The minimum atomic E-state index is -0.868. The molecule has 0 aliphatic heterocycles. The van der Waals surface area contributed by atoms with Crippen molar-refractivity contribution >= 4 is 6.09 Å². The topological polar surface area (TPSA) is 103 Å². The van der Waals surface area contributed by atoms with Gasteiger partial charge >= 0.3 is 6.09 Å². The number of rotatable bonds is 5. The minimum Gasteiger partial charge on any atom is -0.444 e. The van der Waals surface area contributed by atoms with Crippen molar-refractivity contribution in [3.63, 3.8) is 0 Å². The van der Waals surface area contributed by atoms with Crippen molar-refractivity contribution in [1.29, 1.82) is 0 Å². The van der Waals surface area contributed by atoms with Gasteiger partial charge in [0.15, 0.2) is 0 Å². The molecule has 0 spiro atoms. The molecule has 1 aromatic heterocycles. The van der Waals surface area contributed by atoms with E-state index in [2.05, 4.69) is 10.3 Å². The summed E-state index contributed by atoms with van der Waals surface area (Å²) >= 11 is 0. The van der Waals surface area contributed by atoms with Crippen LogP contribution in [0.5, 0.6) is 0 Å². The van der Waals surface area contributed by atoms with Gasteiger partial charge in [-0.1, -0.05) is 0 Å². The number of carbonyl (C=O) groups is 1. The Labute approximate surface area is 171 Å². The highest BCUT2D eigenvalue weighted by atomic mass is 19.1. The fourth-order valence-electron chi connectivity index (χ4n) is 2.69. The van der Waals surface area contributed by atoms with Crippen LogP contribution in [0, 0.1) is 5.82 Å². The molecule has 7 heteroatoms. The van der Waals surface area contributed by atoms with E-state index in [0.717, 1.165) is 11.1 Å². The van der Waals surface area contributed by atoms with Crippen LogP contribution in [0.4, 0.5) is 9.18 Å². The van der Waals surface area contributed by atoms with Crippen LogP contribution in [0.15, 0.2) is 36.4 Å². The lowest BCUT2D eigenvalue weighted by Crippen LogP contribution is -2.45. The third-order valence-corrected chi connectivity index (χ3v) is 4.51. The van der Waals surface area contributed by atoms with Crippen molar-refractivity contribution in [2.45, 2.75) is 58.2 Å². The molecule has 1 amide bonds. The smallest absolute Gasteiger partial charge is 0.408 e. The number of nitrogens with one attached hydrogen (secondary N) is 1. The number of hydrogen-bond acceptors (Lipinski definition) is 5. The highest BCUT2D eigenvalue weighted by Crippen LogP contribution is 2.29. The van der Waals surface area contributed by atoms with Gasteiger partial charge in [0.2, 0.25) is 0 Å². The molecule has 1 aromatic carbocycles. The number of halogens is 1. The van der Waals surface area contributed by atoms with Gasteiger partial charge < -0.3 is 21.5 Å². The Morgan fingerprint density at radius 2 is 1.69 bits per heavy atom. The van der Waals surface area contributed by atoms with Crippen LogP contribution in [0.25, 0.3) is 11.3 Å². The number of nitrogens with two attached hydrogens (primary N) is 2. The van der Waals surface area contributed by atoms with Gasteiger partial charge in [-0.15, -0.1) is 0 Å². The van der Waals surface area contributed by atoms with Gasteiger partial charge in [0.1, 0.15) is 11.4 Å². The number of nitrogens with zero attached hydrogens (tertiary/aromatic N) is 1. The molecule has 1 unspecified atom stereocenters. The van der Waals surface area contributed by atoms with Crippen molar-refractivity contribution in [2.24, 2.45) is 11.5 Å². The number of benzene rings is 1. The Bertz CT molecular complexity index is 871. The molecule has 0 saturated heterocycles. The number of alkyl carbamates (subject to hydrolysis) is 1. The molecule has 0 bridgehead atoms. The second-order valence-electron chi connectivity index (χ2n) is 9.01. The van der Waals surface area contributed by atoms with Crippen LogP contribution >= 0.6 is 0 Å². The second-order valence-corrected chi connectivity index (χ2v) is 9.01. The van der Waals surface area contributed by atoms with Gasteiger partial charge in [-0.25, -0.2) is 9.18 Å². The Hall–Kier alpha value is -2.51. The molecule has 29 heavy (non-hydrogen) atoms. The van der Waals surface area contributed by atoms with Crippen molar-refractivity contribution in [1.82, 2.24) is 10.3 Å². The van der Waals surface area contributed by atoms with E-state index in [1.807, 2.05) is 26.0 Å². The average molecular weight is 403 g/mol. The van der Waals surface area contributed by atoms with E-state index in [0.29, 0.717) is 11.4 Å². The first-order valence-electron chi connectivity index (χ1n) is 9.53. The van der Waals surface area contributed by atoms with Gasteiger partial charge in [-0.05, 0) is 83.5 Å². The van der Waals surface area contributed by atoms with Crippen molar-refractivity contribution in [3.8, 4) is 11.3 Å². The van der Waals surface area contributed by atoms with Gasteiger partial charge in [-0.3, -0.25) is 4.98 Å². The van der Waals surface area contributed by atoms with Crippen LogP contribution in [0.3, 0.4) is 0 Å². The lowest BCUT2D eigenvalue weighted by atomic mass is 9.89. The van der Waals surface area contributed by atoms with Crippen LogP contribution < -0.4 is 16.8 Å². The fourth-order valence-corrected chi connectivity index (χ4v) is 2.69. The largest absolute Gasteiger partial charge is 0.444 e. The summed E-state index contributed by atoms with van der Waals surface area (Å²) in [6.07, 6.45) is -0.529. The Balaban J connectivity index is 2.52. The normalized spacial score (nSPS) is 14.2. The van der Waals surface area contributed by atoms with E-state index in [9.17, 15) is 9.18 Å². The Morgan fingerprint density at radius 3 is 2.21 bits per heavy atom. The molecule has 6 nitrogen and oxygen atoms in total. The number of ether oxygens (including phenoxy) is 1. The summed E-state index contributed by atoms with van der Waals surface area (Å²) in [5, 5.41) is 2.89. The van der Waals surface area contributed by atoms with E-state index in [4.69, 9.17) is 16.2 Å². The Kier molecular flexibility index (Phi) is 6.35. The first-order valence-corrected chi connectivity index (χ1v) is 9.53. The molecule has 0 aliphatic carbocycles. The van der Waals surface area contributed by atoms with Crippen LogP contribution in [0.2, 0.25) is 0 Å². The summed E-state index contributed by atoms with van der Waals surface area (Å²) in [6.45, 7) is 11.1. The summed E-state index contributed by atoms with van der Waals surface area (Å²) in [5.74, 6) is -0.331. The minimum absolute atomic E-state index is 0.187. The maximum Gasteiger partial charge on any atom is 0.408 e. The number of amides is 1. The number of hydrogen-bond donors (Lipinski definition) is 3. The SMILES string of the molecule is CC(C)(C)OC(=O)NC(C)(C)c1cc(-c2ccc(F)cc2)nc(C(C)(N)CN)c1. The average Bonchev–Trinajstić information content (AvgIpc) is 2.59. The molecule has 0 aliphatic rings. The zero-order chi connectivity index (χ0) is 22.0. The maximum atomic E-state index is 13.4. The molecule has 2 rings (SSSR count). The maximum absolute atomic E-state index is 13.4. The molecular weight excluding hydrogens is 371 g/mol. The molecule has 5 N–H and O–H groups in total. The molecule has 0 radical (unpaired) electrons. The van der Waals surface area contributed by atoms with E-state index in [-0.39, 0.29) is 12.4 Å². The zero-order valence-corrected chi connectivity index (χ0v) is 18.0. The predicted octanol–water partition coefficient (Wildman–Crippen LogP) is 3.78. The van der Waals surface area contributed by atoms with E-state index in [1.54, 1.807) is 39.8 Å². The van der Waals surface area contributed by atoms with Gasteiger partial charge in [-0.2, -0.15) is 0 Å². The number of pyridine rings is 1. The fraction of sp³-hybridized carbons (Fsp3) is 0.455. The molecule has 0 fully saturated rings. The third kappa shape index (κ3) is 5.98. The summed E-state index contributed by atoms with van der Waals surface area (Å²) in [4.78, 5) is 17.0. The standard InChI is InChI=1S/C22H31FN4O2/c1-20(2,3)29-19(28)27-21(4,5)15-11-17(14-7-9-16(23)10-8-14)26-18(12-15)22(6,25)13-24/h7-12H,13,24-25H2,1-6H3,(H,27,28). The van der Waals surface area contributed by atoms with E-state index in [1.165, 1.54) is 12.1 Å². The highest BCUT2D eigenvalue weighted by Gasteiger charge is 2.30. The second kappa shape index (κ2) is 8.08. The predicted molar refractivity (Wildman–Crippen MR) is 113 cm³/mol. The summed E-state index contributed by atoms with van der Waals surface area (Å²) in [5.41, 5.74) is 12.6. The lowest BCUT2D eigenvalue weighted by Gasteiger charge is -2.31. The summed E-state index contributed by atoms with van der Waals surface area (Å²) in [7, 11) is 0. The van der Waals surface area contributed by atoms with Crippen LogP contribution in [-0.2, 0) is 15.8 Å². The number of aromatic nitrogens is 1. The molecule has 158 valence electrons. The van der Waals surface area contributed by atoms with Crippen LogP contribution in [-0.4, -0.2) is 23.2 Å². The molecule has 1 heterocycles. The molecule has 1 atom stereocenters. The van der Waals surface area contributed by atoms with Crippen LogP contribution in [0.1, 0.15) is 52.8 Å². The van der Waals surface area contributed by atoms with Crippen molar-refractivity contribution < 1.29 is 13.9 Å². The number of carbonyl (C=O) groups excluding carboxylic acids is 1. The monoisotopic (exact) mass is 402 g/mol. The lowest BCUT2D eigenvalue weighted by molar-refractivity contribution is 0.0470. The highest BCUT2D eigenvalue weighted by molar-refractivity contribution is 5.69. The molecule has 2 aromatic rings. The van der Waals surface area contributed by atoms with Gasteiger partial charge in [0, 0.05) is 12.1 Å². The summed E-state index contributed by atoms with van der Waals surface area (Å²) < 4.78 is 18.7.